The van der Waals surface area contributed by atoms with Gasteiger partial charge >= 0.3 is 0 Å². The van der Waals surface area contributed by atoms with Gasteiger partial charge in [-0.15, -0.1) is 0 Å². The van der Waals surface area contributed by atoms with Gasteiger partial charge in [0.2, 0.25) is 0 Å². The number of thiophene rings is 1. The molecule has 0 radical (unpaired) electrons. The summed E-state index contributed by atoms with van der Waals surface area (Å²) in [4.78, 5) is 25.2. The lowest BCUT2D eigenvalue weighted by Gasteiger charge is -2.23. The summed E-state index contributed by atoms with van der Waals surface area (Å²) in [5.41, 5.74) is 1.18. The highest BCUT2D eigenvalue weighted by atomic mass is 32.1. The Labute approximate surface area is 113 Å². The molecule has 1 aliphatic rings. The topological polar surface area (TPSA) is 66.1 Å². The number of amides is 1. The van der Waals surface area contributed by atoms with Crippen molar-refractivity contribution in [2.24, 2.45) is 0 Å². The number of likely N-dealkylation sites (tertiary alicyclic amines) is 1. The van der Waals surface area contributed by atoms with Crippen molar-refractivity contribution in [3.8, 4) is 0 Å². The Bertz CT molecular complexity index is 615. The fraction of sp³-hybridized carbons (Fsp3) is 0.308. The number of H-pyrrole nitrogens is 1. The van der Waals surface area contributed by atoms with Crippen LogP contribution < -0.4 is 5.56 Å². The molecule has 1 amide bonds. The molecule has 98 valence electrons. The van der Waals surface area contributed by atoms with Crippen LogP contribution in [0.1, 0.15) is 34.9 Å². The molecule has 6 heteroatoms. The van der Waals surface area contributed by atoms with E-state index >= 15 is 0 Å². The van der Waals surface area contributed by atoms with E-state index in [0.717, 1.165) is 19.4 Å². The molecule has 2 aromatic rings. The normalized spacial score (nSPS) is 18.7. The largest absolute Gasteiger partial charge is 0.330 e. The van der Waals surface area contributed by atoms with Crippen LogP contribution >= 0.6 is 11.3 Å². The second kappa shape index (κ2) is 4.97. The van der Waals surface area contributed by atoms with Gasteiger partial charge in [-0.3, -0.25) is 9.59 Å². The van der Waals surface area contributed by atoms with Crippen LogP contribution in [0.15, 0.2) is 33.8 Å². The van der Waals surface area contributed by atoms with Gasteiger partial charge in [0, 0.05) is 12.6 Å². The predicted octanol–water partition coefficient (Wildman–Crippen LogP) is 1.81. The molecular formula is C13H13N3O2S. The van der Waals surface area contributed by atoms with Crippen LogP contribution in [0.5, 0.6) is 0 Å². The van der Waals surface area contributed by atoms with Crippen LogP contribution in [0.4, 0.5) is 0 Å². The molecule has 1 fully saturated rings. The van der Waals surface area contributed by atoms with E-state index in [9.17, 15) is 9.59 Å². The molecule has 0 bridgehead atoms. The summed E-state index contributed by atoms with van der Waals surface area (Å²) in [6.07, 6.45) is 1.97. The maximum atomic E-state index is 12.4. The molecule has 0 saturated carbocycles. The number of rotatable bonds is 2. The van der Waals surface area contributed by atoms with E-state index < -0.39 is 0 Å². The van der Waals surface area contributed by atoms with E-state index in [0.29, 0.717) is 5.69 Å². The third-order valence-electron chi connectivity index (χ3n) is 3.34. The van der Waals surface area contributed by atoms with Crippen LogP contribution in [0, 0.1) is 0 Å². The second-order valence-corrected chi connectivity index (χ2v) is 5.30. The van der Waals surface area contributed by atoms with Crippen molar-refractivity contribution in [1.82, 2.24) is 15.1 Å². The fourth-order valence-corrected chi connectivity index (χ4v) is 3.14. The lowest BCUT2D eigenvalue weighted by atomic mass is 10.1. The molecule has 3 rings (SSSR count). The van der Waals surface area contributed by atoms with Crippen molar-refractivity contribution in [2.75, 3.05) is 6.54 Å². The van der Waals surface area contributed by atoms with Crippen LogP contribution in [-0.4, -0.2) is 27.5 Å². The van der Waals surface area contributed by atoms with Crippen molar-refractivity contribution in [2.45, 2.75) is 18.9 Å². The monoisotopic (exact) mass is 275 g/mol. The summed E-state index contributed by atoms with van der Waals surface area (Å²) in [5, 5.41) is 10.2. The SMILES string of the molecule is O=C(c1ccc(=O)[nH]n1)N1CCCC1c1ccsc1. The standard InChI is InChI=1S/C13H13N3O2S/c17-12-4-3-10(14-15-12)13(18)16-6-1-2-11(16)9-5-7-19-8-9/h3-5,7-8,11H,1-2,6H2,(H,15,17). The van der Waals surface area contributed by atoms with Crippen LogP contribution in [0.2, 0.25) is 0 Å². The van der Waals surface area contributed by atoms with Gasteiger partial charge in [-0.25, -0.2) is 5.10 Å². The number of carbonyl (C=O) groups excluding carboxylic acids is 1. The zero-order valence-electron chi connectivity index (χ0n) is 10.2. The minimum absolute atomic E-state index is 0.120. The highest BCUT2D eigenvalue weighted by molar-refractivity contribution is 7.07. The first-order chi connectivity index (χ1) is 9.25. The minimum Gasteiger partial charge on any atom is -0.330 e. The fourth-order valence-electron chi connectivity index (χ4n) is 2.43. The number of aromatic amines is 1. The Morgan fingerprint density at radius 1 is 1.42 bits per heavy atom. The summed E-state index contributed by atoms with van der Waals surface area (Å²) >= 11 is 1.64. The lowest BCUT2D eigenvalue weighted by molar-refractivity contribution is 0.0728. The van der Waals surface area contributed by atoms with Gasteiger partial charge in [0.25, 0.3) is 11.5 Å². The van der Waals surface area contributed by atoms with E-state index in [2.05, 4.69) is 21.6 Å². The smallest absolute Gasteiger partial charge is 0.274 e. The highest BCUT2D eigenvalue weighted by Gasteiger charge is 2.31. The number of hydrogen-bond acceptors (Lipinski definition) is 4. The van der Waals surface area contributed by atoms with Crippen molar-refractivity contribution < 1.29 is 4.79 Å². The van der Waals surface area contributed by atoms with Gasteiger partial charge in [0.05, 0.1) is 6.04 Å². The molecule has 1 N–H and O–H groups in total. The van der Waals surface area contributed by atoms with Gasteiger partial charge in [-0.2, -0.15) is 16.4 Å². The van der Waals surface area contributed by atoms with Gasteiger partial charge in [0.15, 0.2) is 0 Å². The Morgan fingerprint density at radius 2 is 2.32 bits per heavy atom. The first-order valence-electron chi connectivity index (χ1n) is 6.14. The van der Waals surface area contributed by atoms with E-state index in [-0.39, 0.29) is 17.5 Å². The summed E-state index contributed by atoms with van der Waals surface area (Å²) < 4.78 is 0. The molecule has 3 heterocycles. The zero-order valence-corrected chi connectivity index (χ0v) is 11.0. The number of nitrogens with one attached hydrogen (secondary N) is 1. The van der Waals surface area contributed by atoms with E-state index in [1.165, 1.54) is 17.7 Å². The number of carbonyl (C=O) groups is 1. The summed E-state index contributed by atoms with van der Waals surface area (Å²) in [5.74, 6) is -0.120. The van der Waals surface area contributed by atoms with Gasteiger partial charge < -0.3 is 4.90 Å². The zero-order chi connectivity index (χ0) is 13.2. The van der Waals surface area contributed by atoms with Gasteiger partial charge in [0.1, 0.15) is 5.69 Å². The second-order valence-electron chi connectivity index (χ2n) is 4.52. The van der Waals surface area contributed by atoms with E-state index in [4.69, 9.17) is 0 Å². The maximum Gasteiger partial charge on any atom is 0.274 e. The molecular weight excluding hydrogens is 262 g/mol. The van der Waals surface area contributed by atoms with E-state index in [1.807, 2.05) is 10.3 Å². The Balaban J connectivity index is 1.86. The molecule has 0 spiro atoms. The lowest BCUT2D eigenvalue weighted by Crippen LogP contribution is -2.31. The first kappa shape index (κ1) is 12.1. The Kier molecular flexibility index (Phi) is 3.16. The molecule has 1 unspecified atom stereocenters. The number of nitrogens with zero attached hydrogens (tertiary/aromatic N) is 2. The van der Waals surface area contributed by atoms with Gasteiger partial charge in [-0.1, -0.05) is 0 Å². The van der Waals surface area contributed by atoms with Crippen LogP contribution in [0.25, 0.3) is 0 Å². The maximum absolute atomic E-state index is 12.4. The minimum atomic E-state index is -0.299. The molecule has 1 atom stereocenters. The summed E-state index contributed by atoms with van der Waals surface area (Å²) in [6, 6.07) is 4.99. The Morgan fingerprint density at radius 3 is 3.00 bits per heavy atom. The van der Waals surface area contributed by atoms with Gasteiger partial charge in [-0.05, 0) is 41.3 Å². The highest BCUT2D eigenvalue weighted by Crippen LogP contribution is 2.33. The average Bonchev–Trinajstić information content (AvgIpc) is 3.09. The number of hydrogen-bond donors (Lipinski definition) is 1. The number of aromatic nitrogens is 2. The summed E-state index contributed by atoms with van der Waals surface area (Å²) in [6.45, 7) is 0.736. The molecule has 0 aromatic carbocycles. The molecule has 5 nitrogen and oxygen atoms in total. The van der Waals surface area contributed by atoms with Crippen molar-refractivity contribution >= 4 is 17.2 Å². The van der Waals surface area contributed by atoms with Crippen molar-refractivity contribution in [1.29, 1.82) is 0 Å². The van der Waals surface area contributed by atoms with E-state index in [1.54, 1.807) is 11.3 Å². The molecule has 0 aliphatic carbocycles. The third kappa shape index (κ3) is 2.31. The Hall–Kier alpha value is -1.95. The average molecular weight is 275 g/mol. The molecule has 1 aliphatic heterocycles. The first-order valence-corrected chi connectivity index (χ1v) is 7.09. The van der Waals surface area contributed by atoms with Crippen molar-refractivity contribution in [3.63, 3.8) is 0 Å². The van der Waals surface area contributed by atoms with Crippen LogP contribution in [0.3, 0.4) is 0 Å². The molecule has 19 heavy (non-hydrogen) atoms. The van der Waals surface area contributed by atoms with Crippen molar-refractivity contribution in [3.05, 3.63) is 50.6 Å². The predicted molar refractivity (Wildman–Crippen MR) is 72.2 cm³/mol. The quantitative estimate of drug-likeness (QED) is 0.909. The summed E-state index contributed by atoms with van der Waals surface area (Å²) in [7, 11) is 0. The molecule has 1 saturated heterocycles. The third-order valence-corrected chi connectivity index (χ3v) is 4.04. The molecule has 2 aromatic heterocycles. The van der Waals surface area contributed by atoms with Crippen LogP contribution in [-0.2, 0) is 0 Å².